The summed E-state index contributed by atoms with van der Waals surface area (Å²) in [6, 6.07) is 9.31. The molecule has 5 heteroatoms. The predicted octanol–water partition coefficient (Wildman–Crippen LogP) is 0.756. The second-order valence-corrected chi connectivity index (χ2v) is 4.85. The van der Waals surface area contributed by atoms with Crippen molar-refractivity contribution in [3.8, 4) is 0 Å². The van der Waals surface area contributed by atoms with E-state index in [1.54, 1.807) is 0 Å². The summed E-state index contributed by atoms with van der Waals surface area (Å²) in [5, 5.41) is 16.0. The van der Waals surface area contributed by atoms with Crippen molar-refractivity contribution in [2.24, 2.45) is 0 Å². The van der Waals surface area contributed by atoms with Gasteiger partial charge in [0.25, 0.3) is 0 Å². The molecule has 1 amide bonds. The molecule has 19 heavy (non-hydrogen) atoms. The molecule has 0 atom stereocenters. The van der Waals surface area contributed by atoms with Crippen LogP contribution in [0.5, 0.6) is 0 Å². The number of ether oxygens (including phenoxy) is 1. The van der Waals surface area contributed by atoms with Crippen molar-refractivity contribution in [2.45, 2.75) is 18.4 Å². The molecule has 104 valence electrons. The Morgan fingerprint density at radius 1 is 1.26 bits per heavy atom. The summed E-state index contributed by atoms with van der Waals surface area (Å²) >= 11 is 0. The molecule has 1 aromatic rings. The highest BCUT2D eigenvalue weighted by Crippen LogP contribution is 2.19. The van der Waals surface area contributed by atoms with Gasteiger partial charge in [0.05, 0.1) is 12.1 Å². The summed E-state index contributed by atoms with van der Waals surface area (Å²) in [6.07, 6.45) is 1.22. The van der Waals surface area contributed by atoms with Crippen LogP contribution in [0.3, 0.4) is 0 Å². The van der Waals surface area contributed by atoms with E-state index in [0.29, 0.717) is 32.6 Å². The van der Waals surface area contributed by atoms with Crippen molar-refractivity contribution >= 4 is 11.6 Å². The Balaban J connectivity index is 1.69. The van der Waals surface area contributed by atoms with Crippen LogP contribution in [0.15, 0.2) is 30.3 Å². The van der Waals surface area contributed by atoms with E-state index in [0.717, 1.165) is 5.69 Å². The fourth-order valence-corrected chi connectivity index (χ4v) is 2.06. The number of amides is 1. The average Bonchev–Trinajstić information content (AvgIpc) is 2.40. The van der Waals surface area contributed by atoms with E-state index in [9.17, 15) is 9.90 Å². The normalized spacial score (nSPS) is 17.9. The third-order valence-electron chi connectivity index (χ3n) is 3.22. The van der Waals surface area contributed by atoms with E-state index in [1.807, 2.05) is 30.3 Å². The van der Waals surface area contributed by atoms with Gasteiger partial charge in [0, 0.05) is 38.3 Å². The summed E-state index contributed by atoms with van der Waals surface area (Å²) < 4.78 is 5.20. The van der Waals surface area contributed by atoms with Gasteiger partial charge < -0.3 is 20.5 Å². The quantitative estimate of drug-likeness (QED) is 0.734. The molecule has 0 aliphatic carbocycles. The molecule has 0 radical (unpaired) electrons. The van der Waals surface area contributed by atoms with Crippen LogP contribution in [0.4, 0.5) is 5.69 Å². The van der Waals surface area contributed by atoms with E-state index < -0.39 is 5.60 Å². The van der Waals surface area contributed by atoms with E-state index in [2.05, 4.69) is 10.6 Å². The number of benzene rings is 1. The highest BCUT2D eigenvalue weighted by molar-refractivity contribution is 5.92. The van der Waals surface area contributed by atoms with Gasteiger partial charge in [0.1, 0.15) is 0 Å². The van der Waals surface area contributed by atoms with Crippen molar-refractivity contribution in [1.82, 2.24) is 5.32 Å². The highest BCUT2D eigenvalue weighted by atomic mass is 16.5. The second kappa shape index (κ2) is 6.65. The standard InChI is InChI=1S/C14H20N2O3/c17-13(16-12-4-2-1-3-5-12)10-15-11-14(18)6-8-19-9-7-14/h1-5,15,18H,6-11H2,(H,16,17). The van der Waals surface area contributed by atoms with E-state index in [1.165, 1.54) is 0 Å². The second-order valence-electron chi connectivity index (χ2n) is 4.85. The van der Waals surface area contributed by atoms with Gasteiger partial charge in [0.15, 0.2) is 0 Å². The smallest absolute Gasteiger partial charge is 0.238 e. The van der Waals surface area contributed by atoms with Gasteiger partial charge in [-0.3, -0.25) is 4.79 Å². The number of aliphatic hydroxyl groups is 1. The SMILES string of the molecule is O=C(CNCC1(O)CCOCC1)Nc1ccccc1. The molecule has 1 aliphatic rings. The van der Waals surface area contributed by atoms with E-state index in [4.69, 9.17) is 4.74 Å². The Kier molecular flexibility index (Phi) is 4.90. The Morgan fingerprint density at radius 3 is 2.63 bits per heavy atom. The van der Waals surface area contributed by atoms with Crippen molar-refractivity contribution in [3.05, 3.63) is 30.3 Å². The van der Waals surface area contributed by atoms with Gasteiger partial charge in [-0.25, -0.2) is 0 Å². The number of nitrogens with one attached hydrogen (secondary N) is 2. The zero-order chi connectivity index (χ0) is 13.6. The van der Waals surface area contributed by atoms with Crippen LogP contribution >= 0.6 is 0 Å². The zero-order valence-corrected chi connectivity index (χ0v) is 10.9. The van der Waals surface area contributed by atoms with Gasteiger partial charge in [-0.05, 0) is 12.1 Å². The Morgan fingerprint density at radius 2 is 1.95 bits per heavy atom. The first-order chi connectivity index (χ1) is 9.18. The average molecular weight is 264 g/mol. The Hall–Kier alpha value is -1.43. The minimum Gasteiger partial charge on any atom is -0.388 e. The first kappa shape index (κ1) is 14.0. The summed E-state index contributed by atoms with van der Waals surface area (Å²) in [6.45, 7) is 1.76. The Labute approximate surface area is 113 Å². The number of anilines is 1. The summed E-state index contributed by atoms with van der Waals surface area (Å²) in [5.41, 5.74) is 0.0322. The maximum absolute atomic E-state index is 11.7. The van der Waals surface area contributed by atoms with Crippen molar-refractivity contribution in [2.75, 3.05) is 31.6 Å². The minimum atomic E-state index is -0.745. The van der Waals surface area contributed by atoms with Crippen LogP contribution < -0.4 is 10.6 Å². The van der Waals surface area contributed by atoms with Crippen LogP contribution in [0, 0.1) is 0 Å². The molecule has 0 spiro atoms. The molecular weight excluding hydrogens is 244 g/mol. The molecule has 1 aliphatic heterocycles. The molecular formula is C14H20N2O3. The molecule has 0 unspecified atom stereocenters. The largest absolute Gasteiger partial charge is 0.388 e. The fourth-order valence-electron chi connectivity index (χ4n) is 2.06. The molecule has 1 aromatic carbocycles. The van der Waals surface area contributed by atoms with Gasteiger partial charge >= 0.3 is 0 Å². The van der Waals surface area contributed by atoms with Crippen LogP contribution in [0.1, 0.15) is 12.8 Å². The van der Waals surface area contributed by atoms with E-state index in [-0.39, 0.29) is 12.5 Å². The summed E-state index contributed by atoms with van der Waals surface area (Å²) in [7, 11) is 0. The number of carbonyl (C=O) groups is 1. The zero-order valence-electron chi connectivity index (χ0n) is 10.9. The number of para-hydroxylation sites is 1. The van der Waals surface area contributed by atoms with Crippen LogP contribution in [-0.2, 0) is 9.53 Å². The van der Waals surface area contributed by atoms with Crippen LogP contribution in [0.2, 0.25) is 0 Å². The number of hydrogen-bond acceptors (Lipinski definition) is 4. The van der Waals surface area contributed by atoms with Crippen molar-refractivity contribution in [3.63, 3.8) is 0 Å². The molecule has 5 nitrogen and oxygen atoms in total. The summed E-state index contributed by atoms with van der Waals surface area (Å²) in [4.78, 5) is 11.7. The molecule has 0 aromatic heterocycles. The molecule has 0 saturated carbocycles. The molecule has 2 rings (SSSR count). The molecule has 0 bridgehead atoms. The predicted molar refractivity (Wildman–Crippen MR) is 72.9 cm³/mol. The van der Waals surface area contributed by atoms with Crippen molar-refractivity contribution in [1.29, 1.82) is 0 Å². The monoisotopic (exact) mass is 264 g/mol. The molecule has 3 N–H and O–H groups in total. The third-order valence-corrected chi connectivity index (χ3v) is 3.22. The lowest BCUT2D eigenvalue weighted by molar-refractivity contribution is -0.115. The van der Waals surface area contributed by atoms with Crippen molar-refractivity contribution < 1.29 is 14.6 Å². The third kappa shape index (κ3) is 4.63. The van der Waals surface area contributed by atoms with Crippen LogP contribution in [0.25, 0.3) is 0 Å². The van der Waals surface area contributed by atoms with Gasteiger partial charge in [-0.1, -0.05) is 18.2 Å². The lowest BCUT2D eigenvalue weighted by atomic mass is 9.94. The molecule has 1 saturated heterocycles. The summed E-state index contributed by atoms with van der Waals surface area (Å²) in [5.74, 6) is -0.109. The maximum atomic E-state index is 11.7. The number of hydrogen-bond donors (Lipinski definition) is 3. The lowest BCUT2D eigenvalue weighted by Gasteiger charge is -2.32. The van der Waals surface area contributed by atoms with Gasteiger partial charge in [-0.2, -0.15) is 0 Å². The topological polar surface area (TPSA) is 70.6 Å². The number of carbonyl (C=O) groups excluding carboxylic acids is 1. The fraction of sp³-hybridized carbons (Fsp3) is 0.500. The minimum absolute atomic E-state index is 0.109. The Bertz CT molecular complexity index is 402. The lowest BCUT2D eigenvalue weighted by Crippen LogP contribution is -2.46. The molecule has 1 heterocycles. The van der Waals surface area contributed by atoms with Crippen LogP contribution in [-0.4, -0.2) is 42.9 Å². The highest BCUT2D eigenvalue weighted by Gasteiger charge is 2.29. The first-order valence-corrected chi connectivity index (χ1v) is 6.54. The van der Waals surface area contributed by atoms with E-state index >= 15 is 0 Å². The number of rotatable bonds is 5. The first-order valence-electron chi connectivity index (χ1n) is 6.54. The molecule has 1 fully saturated rings. The van der Waals surface area contributed by atoms with Gasteiger partial charge in [-0.15, -0.1) is 0 Å². The van der Waals surface area contributed by atoms with Gasteiger partial charge in [0.2, 0.25) is 5.91 Å². The maximum Gasteiger partial charge on any atom is 0.238 e.